The number of methoxy groups -OCH3 is 2. The van der Waals surface area contributed by atoms with Crippen LogP contribution >= 0.6 is 0 Å². The second-order valence-corrected chi connectivity index (χ2v) is 9.87. The fourth-order valence-electron chi connectivity index (χ4n) is 3.67. The molecule has 0 atom stereocenters. The van der Waals surface area contributed by atoms with E-state index >= 15 is 0 Å². The third-order valence-corrected chi connectivity index (χ3v) is 7.57. The predicted octanol–water partition coefficient (Wildman–Crippen LogP) is 3.87. The summed E-state index contributed by atoms with van der Waals surface area (Å²) in [7, 11) is -0.655. The lowest BCUT2D eigenvalue weighted by Crippen LogP contribution is -2.41. The van der Waals surface area contributed by atoms with Gasteiger partial charge in [0.1, 0.15) is 16.4 Å². The zero-order valence-corrected chi connectivity index (χ0v) is 19.2. The number of rotatable bonds is 7. The van der Waals surface area contributed by atoms with E-state index in [0.29, 0.717) is 30.0 Å². The highest BCUT2D eigenvalue weighted by Gasteiger charge is 2.34. The highest BCUT2D eigenvalue weighted by molar-refractivity contribution is 7.89. The topological polar surface area (TPSA) is 84.9 Å². The first-order valence-electron chi connectivity index (χ1n) is 10.4. The Morgan fingerprint density at radius 2 is 1.68 bits per heavy atom. The van der Waals surface area contributed by atoms with Gasteiger partial charge in [0.05, 0.1) is 14.2 Å². The number of ether oxygens (including phenoxy) is 2. The van der Waals surface area contributed by atoms with Gasteiger partial charge in [0.25, 0.3) is 0 Å². The zero-order chi connectivity index (χ0) is 22.6. The monoisotopic (exact) mass is 446 g/mol. The van der Waals surface area contributed by atoms with E-state index in [1.807, 2.05) is 19.9 Å². The molecule has 1 N–H and O–H groups in total. The van der Waals surface area contributed by atoms with E-state index in [1.54, 1.807) is 43.5 Å². The van der Waals surface area contributed by atoms with Crippen LogP contribution < -0.4 is 14.8 Å². The Balaban J connectivity index is 1.68. The van der Waals surface area contributed by atoms with Crippen molar-refractivity contribution in [3.63, 3.8) is 0 Å². The molecule has 1 saturated heterocycles. The van der Waals surface area contributed by atoms with E-state index in [2.05, 4.69) is 5.32 Å². The average Bonchev–Trinajstić information content (AvgIpc) is 2.79. The number of carbonyl (C=O) groups excluding carboxylic acids is 1. The Morgan fingerprint density at radius 1 is 1.03 bits per heavy atom. The van der Waals surface area contributed by atoms with Crippen LogP contribution in [0.3, 0.4) is 0 Å². The van der Waals surface area contributed by atoms with Gasteiger partial charge in [-0.05, 0) is 60.7 Å². The van der Waals surface area contributed by atoms with Gasteiger partial charge in [-0.15, -0.1) is 0 Å². The maximum absolute atomic E-state index is 13.3. The van der Waals surface area contributed by atoms with Gasteiger partial charge in [-0.25, -0.2) is 8.42 Å². The predicted molar refractivity (Wildman–Crippen MR) is 120 cm³/mol. The minimum Gasteiger partial charge on any atom is -0.497 e. The van der Waals surface area contributed by atoms with Crippen LogP contribution in [0, 0.1) is 5.92 Å². The first kappa shape index (κ1) is 23.1. The largest absolute Gasteiger partial charge is 0.497 e. The molecule has 7 nitrogen and oxygen atoms in total. The van der Waals surface area contributed by atoms with Crippen molar-refractivity contribution >= 4 is 21.6 Å². The standard InChI is InChI=1S/C23H30N2O5S/c1-16(2)18-5-10-21(30-4)22(15-18)31(27,28)25-13-11-17(12-14-25)23(26)24-19-6-8-20(29-3)9-7-19/h5-10,15-17H,11-14H2,1-4H3,(H,24,26). The molecule has 0 unspecified atom stereocenters. The van der Waals surface area contributed by atoms with Crippen molar-refractivity contribution in [2.45, 2.75) is 37.5 Å². The van der Waals surface area contributed by atoms with Gasteiger partial charge in [-0.3, -0.25) is 4.79 Å². The number of anilines is 1. The number of piperidine rings is 1. The molecule has 0 spiro atoms. The lowest BCUT2D eigenvalue weighted by Gasteiger charge is -2.31. The Kier molecular flexibility index (Phi) is 7.23. The molecule has 0 aromatic heterocycles. The quantitative estimate of drug-likeness (QED) is 0.698. The van der Waals surface area contributed by atoms with Crippen molar-refractivity contribution in [3.8, 4) is 11.5 Å². The molecule has 3 rings (SSSR count). The number of carbonyl (C=O) groups is 1. The maximum Gasteiger partial charge on any atom is 0.246 e. The smallest absolute Gasteiger partial charge is 0.246 e. The highest BCUT2D eigenvalue weighted by atomic mass is 32.2. The van der Waals surface area contributed by atoms with Crippen molar-refractivity contribution in [2.75, 3.05) is 32.6 Å². The summed E-state index contributed by atoms with van der Waals surface area (Å²) in [6, 6.07) is 12.4. The summed E-state index contributed by atoms with van der Waals surface area (Å²) in [5.74, 6) is 0.920. The Hall–Kier alpha value is -2.58. The molecule has 0 saturated carbocycles. The molecule has 168 valence electrons. The van der Waals surface area contributed by atoms with Crippen molar-refractivity contribution in [1.29, 1.82) is 0 Å². The SMILES string of the molecule is COc1ccc(NC(=O)C2CCN(S(=O)(=O)c3cc(C(C)C)ccc3OC)CC2)cc1. The third-order valence-electron chi connectivity index (χ3n) is 5.65. The number of nitrogens with one attached hydrogen (secondary N) is 1. The molecule has 1 aliphatic rings. The summed E-state index contributed by atoms with van der Waals surface area (Å²) in [4.78, 5) is 12.8. The van der Waals surface area contributed by atoms with E-state index in [4.69, 9.17) is 9.47 Å². The fraction of sp³-hybridized carbons (Fsp3) is 0.435. The number of benzene rings is 2. The summed E-state index contributed by atoms with van der Waals surface area (Å²) in [6.45, 7) is 4.62. The fourth-order valence-corrected chi connectivity index (χ4v) is 5.33. The molecule has 0 bridgehead atoms. The van der Waals surface area contributed by atoms with Crippen LogP contribution in [0.2, 0.25) is 0 Å². The second-order valence-electron chi connectivity index (χ2n) is 7.96. The molecule has 2 aromatic carbocycles. The van der Waals surface area contributed by atoms with Gasteiger partial charge in [-0.1, -0.05) is 19.9 Å². The number of nitrogens with zero attached hydrogens (tertiary/aromatic N) is 1. The van der Waals surface area contributed by atoms with Crippen molar-refractivity contribution in [1.82, 2.24) is 4.31 Å². The van der Waals surface area contributed by atoms with Gasteiger partial charge in [-0.2, -0.15) is 4.31 Å². The van der Waals surface area contributed by atoms with Crippen molar-refractivity contribution in [2.24, 2.45) is 5.92 Å². The molecule has 1 fully saturated rings. The number of hydrogen-bond donors (Lipinski definition) is 1. The highest BCUT2D eigenvalue weighted by Crippen LogP contribution is 2.32. The Labute approximate surface area is 184 Å². The van der Waals surface area contributed by atoms with Crippen LogP contribution in [-0.4, -0.2) is 45.9 Å². The minimum atomic E-state index is -3.71. The Bertz CT molecular complexity index is 1010. The van der Waals surface area contributed by atoms with E-state index in [1.165, 1.54) is 11.4 Å². The molecule has 8 heteroatoms. The summed E-state index contributed by atoms with van der Waals surface area (Å²) in [5.41, 5.74) is 1.63. The van der Waals surface area contributed by atoms with Crippen molar-refractivity contribution in [3.05, 3.63) is 48.0 Å². The van der Waals surface area contributed by atoms with Gasteiger partial charge >= 0.3 is 0 Å². The lowest BCUT2D eigenvalue weighted by molar-refractivity contribution is -0.120. The van der Waals surface area contributed by atoms with E-state index in [0.717, 1.165) is 5.56 Å². The summed E-state index contributed by atoms with van der Waals surface area (Å²) < 4.78 is 38.5. The second kappa shape index (κ2) is 9.70. The van der Waals surface area contributed by atoms with E-state index in [-0.39, 0.29) is 35.7 Å². The van der Waals surface area contributed by atoms with E-state index < -0.39 is 10.0 Å². The van der Waals surface area contributed by atoms with Gasteiger partial charge in [0, 0.05) is 24.7 Å². The van der Waals surface area contributed by atoms with Crippen molar-refractivity contribution < 1.29 is 22.7 Å². The van der Waals surface area contributed by atoms with Crippen LogP contribution in [-0.2, 0) is 14.8 Å². The van der Waals surface area contributed by atoms with Crippen LogP contribution in [0.4, 0.5) is 5.69 Å². The van der Waals surface area contributed by atoms with Gasteiger partial charge in [0.2, 0.25) is 15.9 Å². The molecule has 31 heavy (non-hydrogen) atoms. The molecule has 1 aliphatic heterocycles. The van der Waals surface area contributed by atoms with Crippen LogP contribution in [0.15, 0.2) is 47.4 Å². The Morgan fingerprint density at radius 3 is 2.23 bits per heavy atom. The van der Waals surface area contributed by atoms with Crippen LogP contribution in [0.5, 0.6) is 11.5 Å². The molecule has 0 radical (unpaired) electrons. The normalized spacial score (nSPS) is 15.6. The number of hydrogen-bond acceptors (Lipinski definition) is 5. The first-order chi connectivity index (χ1) is 14.8. The van der Waals surface area contributed by atoms with Gasteiger partial charge in [0.15, 0.2) is 0 Å². The molecular weight excluding hydrogens is 416 g/mol. The molecular formula is C23H30N2O5S. The summed E-state index contributed by atoms with van der Waals surface area (Å²) in [5, 5.41) is 2.90. The summed E-state index contributed by atoms with van der Waals surface area (Å²) >= 11 is 0. The molecule has 0 aliphatic carbocycles. The average molecular weight is 447 g/mol. The van der Waals surface area contributed by atoms with Crippen LogP contribution in [0.1, 0.15) is 38.2 Å². The summed E-state index contributed by atoms with van der Waals surface area (Å²) in [6.07, 6.45) is 0.931. The van der Waals surface area contributed by atoms with E-state index in [9.17, 15) is 13.2 Å². The molecule has 2 aromatic rings. The molecule has 1 amide bonds. The van der Waals surface area contributed by atoms with Gasteiger partial charge < -0.3 is 14.8 Å². The zero-order valence-electron chi connectivity index (χ0n) is 18.4. The first-order valence-corrected chi connectivity index (χ1v) is 11.8. The minimum absolute atomic E-state index is 0.0957. The number of amides is 1. The molecule has 1 heterocycles. The maximum atomic E-state index is 13.3. The third kappa shape index (κ3) is 5.19. The van der Waals surface area contributed by atoms with Crippen LogP contribution in [0.25, 0.3) is 0 Å². The number of sulfonamides is 1. The lowest BCUT2D eigenvalue weighted by atomic mass is 9.97.